The summed E-state index contributed by atoms with van der Waals surface area (Å²) < 4.78 is 0. The fourth-order valence-electron chi connectivity index (χ4n) is 0. The van der Waals surface area contributed by atoms with Crippen LogP contribution in [0.2, 0.25) is 0 Å². The first-order chi connectivity index (χ1) is 1.00. The first-order valence-corrected chi connectivity index (χ1v) is 4.50. The molecule has 0 aromatic rings. The van der Waals surface area contributed by atoms with Gasteiger partial charge in [-0.25, -0.2) is 0 Å². The van der Waals surface area contributed by atoms with E-state index in [4.69, 9.17) is 0 Å². The Balaban J connectivity index is -0.00000000500. The maximum absolute atomic E-state index is 4.21. The van der Waals surface area contributed by atoms with Gasteiger partial charge in [0.15, 0.2) is 17.4 Å². The molecule has 4 heavy (non-hydrogen) atoms. The third-order valence-corrected chi connectivity index (χ3v) is 0. The number of rotatable bonds is 0. The summed E-state index contributed by atoms with van der Waals surface area (Å²) in [5.41, 5.74) is 0. The second-order valence-electron chi connectivity index (χ2n) is 0. The molecule has 0 bridgehead atoms. The van der Waals surface area contributed by atoms with E-state index in [-0.39, 0.29) is 39.7 Å². The SMILES string of the molecule is [AlH3].[Au].[S]=[Zn]. The summed E-state index contributed by atoms with van der Waals surface area (Å²) in [5, 5.41) is 0. The average Bonchev–Trinajstić information content (AvgIpc) is 1.00. The molecule has 0 saturated heterocycles. The molecule has 0 aliphatic rings. The Morgan fingerprint density at radius 1 is 1.25 bits per heavy atom. The Hall–Kier alpha value is 2.12. The van der Waals surface area contributed by atoms with E-state index in [1.165, 1.54) is 0 Å². The third kappa shape index (κ3) is 8.93. The molecule has 0 fully saturated rings. The van der Waals surface area contributed by atoms with Crippen molar-refractivity contribution < 1.29 is 38.9 Å². The van der Waals surface area contributed by atoms with E-state index in [0.29, 0.717) is 0 Å². The maximum atomic E-state index is 4.21. The van der Waals surface area contributed by atoms with Crippen molar-refractivity contribution in [3.63, 3.8) is 0 Å². The molecule has 0 amide bonds. The first-order valence-electron chi connectivity index (χ1n) is 0.289. The molecule has 0 atom stereocenters. The summed E-state index contributed by atoms with van der Waals surface area (Å²) in [6.07, 6.45) is 0. The van der Waals surface area contributed by atoms with Gasteiger partial charge in [0.05, 0.1) is 0 Å². The minimum atomic E-state index is 0. The van der Waals surface area contributed by atoms with E-state index in [0.717, 1.165) is 16.6 Å². The zero-order valence-electron chi connectivity index (χ0n) is 1.42. The predicted molar refractivity (Wildman–Crippen MR) is 17.5 cm³/mol. The topological polar surface area (TPSA) is 0 Å². The second-order valence-corrected chi connectivity index (χ2v) is 0. The van der Waals surface area contributed by atoms with Gasteiger partial charge < -0.3 is 0 Å². The normalized spacial score (nSPS) is 1.50. The van der Waals surface area contributed by atoms with Crippen molar-refractivity contribution >= 4 is 27.5 Å². The van der Waals surface area contributed by atoms with Crippen LogP contribution in [-0.4, -0.2) is 17.4 Å². The zero-order valence-corrected chi connectivity index (χ0v) is 7.37. The molecule has 0 aliphatic carbocycles. The fourth-order valence-corrected chi connectivity index (χ4v) is 0. The Labute approximate surface area is 65.6 Å². The zero-order chi connectivity index (χ0) is 2.00. The van der Waals surface area contributed by atoms with Crippen molar-refractivity contribution in [3.8, 4) is 0 Å². The fraction of sp³-hybridized carbons (Fsp3) is 0. The van der Waals surface area contributed by atoms with Crippen LogP contribution in [0.1, 0.15) is 0 Å². The molecule has 0 rings (SSSR count). The molecule has 25 valence electrons. The van der Waals surface area contributed by atoms with Crippen LogP contribution < -0.4 is 0 Å². The molecule has 4 heteroatoms. The van der Waals surface area contributed by atoms with Crippen molar-refractivity contribution in [3.05, 3.63) is 0 Å². The van der Waals surface area contributed by atoms with Gasteiger partial charge in [0.2, 0.25) is 0 Å². The third-order valence-electron chi connectivity index (χ3n) is 0. The van der Waals surface area contributed by atoms with E-state index >= 15 is 0 Å². The Bertz CT molecular complexity index is 8.00. The van der Waals surface area contributed by atoms with E-state index in [9.17, 15) is 0 Å². The Morgan fingerprint density at radius 2 is 1.25 bits per heavy atom. The molecular formula is H3AlAuSZn. The van der Waals surface area contributed by atoms with Crippen LogP contribution in [0, 0.1) is 0 Å². The molecule has 0 unspecified atom stereocenters. The predicted octanol–water partition coefficient (Wildman–Crippen LogP) is -0.541. The minimum absolute atomic E-state index is 0. The van der Waals surface area contributed by atoms with E-state index < -0.39 is 0 Å². The quantitative estimate of drug-likeness (QED) is 0.540. The van der Waals surface area contributed by atoms with Crippen molar-refractivity contribution in [2.45, 2.75) is 0 Å². The van der Waals surface area contributed by atoms with Gasteiger partial charge in [-0.2, -0.15) is 0 Å². The summed E-state index contributed by atoms with van der Waals surface area (Å²) in [6, 6.07) is 0. The second kappa shape index (κ2) is 19.4. The van der Waals surface area contributed by atoms with Crippen LogP contribution >= 0.6 is 10.1 Å². The van der Waals surface area contributed by atoms with Crippen LogP contribution in [-0.2, 0) is 38.9 Å². The van der Waals surface area contributed by atoms with Crippen LogP contribution in [0.25, 0.3) is 0 Å². The molecular weight excluding hydrogens is 321 g/mol. The van der Waals surface area contributed by atoms with Crippen molar-refractivity contribution in [2.24, 2.45) is 0 Å². The number of hydrogen-bond donors (Lipinski definition) is 0. The van der Waals surface area contributed by atoms with Crippen LogP contribution in [0.5, 0.6) is 0 Å². The summed E-state index contributed by atoms with van der Waals surface area (Å²) in [5.74, 6) is 0. The van der Waals surface area contributed by atoms with Gasteiger partial charge in [-0.05, 0) is 0 Å². The van der Waals surface area contributed by atoms with Crippen molar-refractivity contribution in [1.29, 1.82) is 0 Å². The summed E-state index contributed by atoms with van der Waals surface area (Å²) in [4.78, 5) is 0. The van der Waals surface area contributed by atoms with Crippen molar-refractivity contribution in [2.75, 3.05) is 0 Å². The van der Waals surface area contributed by atoms with Crippen LogP contribution in [0.3, 0.4) is 0 Å². The van der Waals surface area contributed by atoms with Gasteiger partial charge >= 0.3 is 26.7 Å². The first kappa shape index (κ1) is 16.5. The van der Waals surface area contributed by atoms with Gasteiger partial charge in [-0.15, -0.1) is 0 Å². The summed E-state index contributed by atoms with van der Waals surface area (Å²) >= 11 is 0.958. The summed E-state index contributed by atoms with van der Waals surface area (Å²) in [7, 11) is 4.21. The molecule has 0 spiro atoms. The van der Waals surface area contributed by atoms with E-state index in [2.05, 4.69) is 10.1 Å². The van der Waals surface area contributed by atoms with E-state index in [1.807, 2.05) is 0 Å². The summed E-state index contributed by atoms with van der Waals surface area (Å²) in [6.45, 7) is 0. The van der Waals surface area contributed by atoms with Gasteiger partial charge in [0.25, 0.3) is 0 Å². The monoisotopic (exact) mass is 323 g/mol. The molecule has 0 saturated carbocycles. The standard InChI is InChI=1S/Al.Au.S.Zn.3H. The molecule has 0 nitrogen and oxygen atoms in total. The molecule has 1 radical (unpaired) electrons. The molecule has 0 N–H and O–H groups in total. The average molecular weight is 324 g/mol. The Morgan fingerprint density at radius 3 is 1.25 bits per heavy atom. The van der Waals surface area contributed by atoms with Crippen LogP contribution in [0.4, 0.5) is 0 Å². The molecule has 0 aromatic carbocycles. The Kier molecular flexibility index (Phi) is 79.8. The van der Waals surface area contributed by atoms with Gasteiger partial charge in [0.1, 0.15) is 0 Å². The van der Waals surface area contributed by atoms with E-state index in [1.54, 1.807) is 0 Å². The molecule has 0 heterocycles. The molecule has 0 aromatic heterocycles. The molecule has 0 aliphatic heterocycles. The van der Waals surface area contributed by atoms with Crippen molar-refractivity contribution in [1.82, 2.24) is 0 Å². The van der Waals surface area contributed by atoms with Gasteiger partial charge in [-0.3, -0.25) is 0 Å². The van der Waals surface area contributed by atoms with Gasteiger partial charge in [0, 0.05) is 22.4 Å². The number of hydrogen-bond acceptors (Lipinski definition) is 1. The van der Waals surface area contributed by atoms with Crippen LogP contribution in [0.15, 0.2) is 0 Å². The van der Waals surface area contributed by atoms with Gasteiger partial charge in [-0.1, -0.05) is 0 Å².